The fourth-order valence-corrected chi connectivity index (χ4v) is 3.20. The molecule has 1 atom stereocenters. The summed E-state index contributed by atoms with van der Waals surface area (Å²) in [7, 11) is 1.68. The van der Waals surface area contributed by atoms with E-state index in [2.05, 4.69) is 18.2 Å². The molecular formula is C17H20ClNOS. The highest BCUT2D eigenvalue weighted by Gasteiger charge is 2.05. The molecular weight excluding hydrogens is 302 g/mol. The summed E-state index contributed by atoms with van der Waals surface area (Å²) in [5.41, 5.74) is 7.48. The summed E-state index contributed by atoms with van der Waals surface area (Å²) < 4.78 is 5.15. The summed E-state index contributed by atoms with van der Waals surface area (Å²) >= 11 is 7.73. The number of methoxy groups -OCH3 is 1. The maximum atomic E-state index is 6.18. The van der Waals surface area contributed by atoms with E-state index in [1.165, 1.54) is 10.5 Å². The molecule has 0 heterocycles. The number of ether oxygens (including phenoxy) is 1. The molecule has 0 aromatic heterocycles. The summed E-state index contributed by atoms with van der Waals surface area (Å²) in [5.74, 6) is 1.79. The number of halogens is 1. The average Bonchev–Trinajstić information content (AvgIpc) is 2.51. The lowest BCUT2D eigenvalue weighted by molar-refractivity contribution is 0.414. The van der Waals surface area contributed by atoms with Crippen LogP contribution in [0.4, 0.5) is 0 Å². The Morgan fingerprint density at radius 1 is 1.19 bits per heavy atom. The van der Waals surface area contributed by atoms with Gasteiger partial charge in [0.1, 0.15) is 5.75 Å². The molecule has 0 bridgehead atoms. The molecule has 0 aliphatic heterocycles. The van der Waals surface area contributed by atoms with Crippen molar-refractivity contribution in [2.75, 3.05) is 12.9 Å². The second-order valence-electron chi connectivity index (χ2n) is 4.92. The van der Waals surface area contributed by atoms with Gasteiger partial charge >= 0.3 is 0 Å². The molecule has 4 heteroatoms. The van der Waals surface area contributed by atoms with Crippen LogP contribution in [-0.2, 0) is 6.42 Å². The maximum absolute atomic E-state index is 6.18. The Morgan fingerprint density at radius 2 is 1.95 bits per heavy atom. The molecule has 2 N–H and O–H groups in total. The summed E-state index contributed by atoms with van der Waals surface area (Å²) in [4.78, 5) is 1.17. The Balaban J connectivity index is 1.75. The topological polar surface area (TPSA) is 35.2 Å². The minimum atomic E-state index is 0.177. The normalized spacial score (nSPS) is 12.1. The number of aryl methyl sites for hydroxylation is 1. The highest BCUT2D eigenvalue weighted by atomic mass is 35.5. The molecule has 0 fully saturated rings. The van der Waals surface area contributed by atoms with Gasteiger partial charge in [-0.25, -0.2) is 0 Å². The third kappa shape index (κ3) is 5.62. The van der Waals surface area contributed by atoms with Crippen LogP contribution < -0.4 is 10.5 Å². The Bertz CT molecular complexity index is 559. The van der Waals surface area contributed by atoms with E-state index in [9.17, 15) is 0 Å². The first kappa shape index (κ1) is 16.2. The maximum Gasteiger partial charge on any atom is 0.118 e. The average molecular weight is 322 g/mol. The van der Waals surface area contributed by atoms with Crippen LogP contribution >= 0.6 is 23.4 Å². The van der Waals surface area contributed by atoms with E-state index in [0.29, 0.717) is 0 Å². The van der Waals surface area contributed by atoms with Gasteiger partial charge < -0.3 is 10.5 Å². The first-order chi connectivity index (χ1) is 10.2. The van der Waals surface area contributed by atoms with Crippen LogP contribution in [0.3, 0.4) is 0 Å². The molecule has 2 aromatic carbocycles. The lowest BCUT2D eigenvalue weighted by Gasteiger charge is -2.11. The molecule has 112 valence electrons. The number of hydrogen-bond acceptors (Lipinski definition) is 3. The lowest BCUT2D eigenvalue weighted by Crippen LogP contribution is -2.23. The van der Waals surface area contributed by atoms with Crippen molar-refractivity contribution in [3.05, 3.63) is 59.1 Å². The van der Waals surface area contributed by atoms with Gasteiger partial charge in [-0.3, -0.25) is 0 Å². The van der Waals surface area contributed by atoms with Crippen LogP contribution in [0, 0.1) is 0 Å². The van der Waals surface area contributed by atoms with Crippen molar-refractivity contribution in [2.45, 2.75) is 23.8 Å². The van der Waals surface area contributed by atoms with Crippen LogP contribution in [0.1, 0.15) is 12.0 Å². The quantitative estimate of drug-likeness (QED) is 0.768. The number of nitrogens with two attached hydrogens (primary N) is 1. The van der Waals surface area contributed by atoms with Gasteiger partial charge in [0.15, 0.2) is 0 Å². The first-order valence-corrected chi connectivity index (χ1v) is 8.30. The Labute approximate surface area is 135 Å². The molecule has 21 heavy (non-hydrogen) atoms. The first-order valence-electron chi connectivity index (χ1n) is 6.94. The third-order valence-electron chi connectivity index (χ3n) is 3.22. The monoisotopic (exact) mass is 321 g/mol. The summed E-state index contributed by atoms with van der Waals surface area (Å²) in [6.07, 6.45) is 1.96. The van der Waals surface area contributed by atoms with E-state index in [1.54, 1.807) is 18.9 Å². The van der Waals surface area contributed by atoms with Crippen molar-refractivity contribution in [1.82, 2.24) is 0 Å². The largest absolute Gasteiger partial charge is 0.497 e. The minimum Gasteiger partial charge on any atom is -0.497 e. The Hall–Kier alpha value is -1.16. The number of rotatable bonds is 7. The number of hydrogen-bond donors (Lipinski definition) is 1. The van der Waals surface area contributed by atoms with Gasteiger partial charge in [-0.2, -0.15) is 0 Å². The molecule has 1 unspecified atom stereocenters. The van der Waals surface area contributed by atoms with Gasteiger partial charge in [0, 0.05) is 21.7 Å². The van der Waals surface area contributed by atoms with Gasteiger partial charge in [-0.1, -0.05) is 29.8 Å². The van der Waals surface area contributed by atoms with Gasteiger partial charge in [0.2, 0.25) is 0 Å². The second-order valence-corrected chi connectivity index (χ2v) is 6.45. The molecule has 0 radical (unpaired) electrons. The van der Waals surface area contributed by atoms with Crippen molar-refractivity contribution >= 4 is 23.4 Å². The predicted molar refractivity (Wildman–Crippen MR) is 91.5 cm³/mol. The fourth-order valence-electron chi connectivity index (χ4n) is 1.99. The summed E-state index contributed by atoms with van der Waals surface area (Å²) in [6, 6.07) is 16.2. The van der Waals surface area contributed by atoms with E-state index < -0.39 is 0 Å². The van der Waals surface area contributed by atoms with Crippen LogP contribution in [0.15, 0.2) is 53.4 Å². The van der Waals surface area contributed by atoms with Crippen molar-refractivity contribution in [3.8, 4) is 5.75 Å². The van der Waals surface area contributed by atoms with Gasteiger partial charge in [0.05, 0.1) is 7.11 Å². The zero-order valence-corrected chi connectivity index (χ0v) is 13.7. The molecule has 0 aliphatic rings. The van der Waals surface area contributed by atoms with Crippen LogP contribution in [0.2, 0.25) is 5.02 Å². The zero-order chi connectivity index (χ0) is 15.1. The minimum absolute atomic E-state index is 0.177. The predicted octanol–water partition coefficient (Wildman–Crippen LogP) is 4.40. The molecule has 0 spiro atoms. The van der Waals surface area contributed by atoms with E-state index in [0.717, 1.165) is 29.4 Å². The fraction of sp³-hybridized carbons (Fsp3) is 0.294. The van der Waals surface area contributed by atoms with Crippen LogP contribution in [0.5, 0.6) is 5.75 Å². The van der Waals surface area contributed by atoms with Crippen molar-refractivity contribution in [3.63, 3.8) is 0 Å². The Morgan fingerprint density at radius 3 is 2.62 bits per heavy atom. The van der Waals surface area contributed by atoms with E-state index in [1.807, 2.05) is 30.3 Å². The van der Waals surface area contributed by atoms with Crippen LogP contribution in [0.25, 0.3) is 0 Å². The summed E-state index contributed by atoms with van der Waals surface area (Å²) in [5, 5.41) is 0.770. The molecule has 0 saturated carbocycles. The number of benzene rings is 2. The second kappa shape index (κ2) is 8.32. The Kier molecular flexibility index (Phi) is 6.43. The summed E-state index contributed by atoms with van der Waals surface area (Å²) in [6.45, 7) is 0. The van der Waals surface area contributed by atoms with Crippen molar-refractivity contribution in [1.29, 1.82) is 0 Å². The van der Waals surface area contributed by atoms with E-state index in [-0.39, 0.29) is 6.04 Å². The van der Waals surface area contributed by atoms with Crippen LogP contribution in [-0.4, -0.2) is 18.9 Å². The number of thioether (sulfide) groups is 1. The molecule has 0 aliphatic carbocycles. The van der Waals surface area contributed by atoms with Gasteiger partial charge in [0.25, 0.3) is 0 Å². The molecule has 0 amide bonds. The smallest absolute Gasteiger partial charge is 0.118 e. The van der Waals surface area contributed by atoms with E-state index >= 15 is 0 Å². The molecule has 2 rings (SSSR count). The van der Waals surface area contributed by atoms with Gasteiger partial charge in [-0.05, 0) is 48.7 Å². The third-order valence-corrected chi connectivity index (χ3v) is 4.64. The van der Waals surface area contributed by atoms with Gasteiger partial charge in [-0.15, -0.1) is 11.8 Å². The molecule has 2 aromatic rings. The van der Waals surface area contributed by atoms with Crippen molar-refractivity contribution in [2.24, 2.45) is 5.73 Å². The SMILES string of the molecule is COc1ccc(CCC(N)CSc2cccc(Cl)c2)cc1. The van der Waals surface area contributed by atoms with Crippen molar-refractivity contribution < 1.29 is 4.74 Å². The molecule has 2 nitrogen and oxygen atoms in total. The highest BCUT2D eigenvalue weighted by molar-refractivity contribution is 7.99. The molecule has 0 saturated heterocycles. The standard InChI is InChI=1S/C17H20ClNOS/c1-20-16-9-6-13(7-10-16)5-8-15(19)12-21-17-4-2-3-14(18)11-17/h2-4,6-7,9-11,15H,5,8,12,19H2,1H3. The lowest BCUT2D eigenvalue weighted by atomic mass is 10.1. The highest BCUT2D eigenvalue weighted by Crippen LogP contribution is 2.22. The van der Waals surface area contributed by atoms with E-state index in [4.69, 9.17) is 22.1 Å². The zero-order valence-electron chi connectivity index (χ0n) is 12.1.